The molecule has 2 heterocycles. The van der Waals surface area contributed by atoms with Crippen LogP contribution in [0.2, 0.25) is 10.0 Å². The third-order valence-electron chi connectivity index (χ3n) is 4.35. The first-order valence-electron chi connectivity index (χ1n) is 8.81. The number of ether oxygens (including phenoxy) is 1. The Kier molecular flexibility index (Phi) is 5.80. The molecule has 0 radical (unpaired) electrons. The van der Waals surface area contributed by atoms with Gasteiger partial charge in [0, 0.05) is 16.0 Å². The van der Waals surface area contributed by atoms with E-state index in [9.17, 15) is 4.79 Å². The molecule has 0 bridgehead atoms. The number of carbonyl (C=O) groups excluding carboxylic acids is 1. The number of aromatic nitrogens is 1. The average Bonchev–Trinajstić information content (AvgIpc) is 3.33. The lowest BCUT2D eigenvalue weighted by molar-refractivity contribution is -0.117. The topological polar surface area (TPSA) is 79.5 Å². The number of thiazole rings is 1. The van der Waals surface area contributed by atoms with Crippen LogP contribution in [0, 0.1) is 0 Å². The number of anilines is 1. The molecule has 1 amide bonds. The fourth-order valence-corrected chi connectivity index (χ4v) is 4.00. The molecule has 0 saturated carbocycles. The van der Waals surface area contributed by atoms with Crippen LogP contribution in [0.15, 0.2) is 63.2 Å². The molecule has 1 aliphatic rings. The lowest BCUT2D eigenvalue weighted by atomic mass is 10.2. The van der Waals surface area contributed by atoms with Crippen LogP contribution in [-0.4, -0.2) is 29.8 Å². The lowest BCUT2D eigenvalue weighted by Gasteiger charge is -2.08. The van der Waals surface area contributed by atoms with Crippen LogP contribution in [0.5, 0.6) is 5.75 Å². The molecule has 30 heavy (non-hydrogen) atoms. The Hall–Kier alpha value is -2.81. The largest absolute Gasteiger partial charge is 0.497 e. The van der Waals surface area contributed by atoms with Crippen LogP contribution >= 0.6 is 34.5 Å². The highest BCUT2D eigenvalue weighted by molar-refractivity contribution is 7.14. The Morgan fingerprint density at radius 3 is 2.63 bits per heavy atom. The summed E-state index contributed by atoms with van der Waals surface area (Å²) in [6.45, 7) is 1.73. The maximum Gasteiger partial charge on any atom is 0.282 e. The minimum absolute atomic E-state index is 0.322. The van der Waals surface area contributed by atoms with Gasteiger partial charge in [-0.1, -0.05) is 23.2 Å². The number of nitrogens with zero attached hydrogens (tertiary/aromatic N) is 5. The van der Waals surface area contributed by atoms with Gasteiger partial charge in [-0.25, -0.2) is 4.98 Å². The van der Waals surface area contributed by atoms with Crippen LogP contribution in [0.3, 0.4) is 0 Å². The van der Waals surface area contributed by atoms with Crippen molar-refractivity contribution in [2.75, 3.05) is 12.1 Å². The Labute approximate surface area is 186 Å². The Morgan fingerprint density at radius 1 is 1.17 bits per heavy atom. The van der Waals surface area contributed by atoms with Gasteiger partial charge < -0.3 is 4.74 Å². The summed E-state index contributed by atoms with van der Waals surface area (Å²) in [6.07, 6.45) is 0. The van der Waals surface area contributed by atoms with Crippen LogP contribution in [-0.2, 0) is 4.79 Å². The molecule has 0 aliphatic carbocycles. The second kappa shape index (κ2) is 8.51. The second-order valence-electron chi connectivity index (χ2n) is 6.35. The van der Waals surface area contributed by atoms with Gasteiger partial charge in [0.2, 0.25) is 5.13 Å². The minimum Gasteiger partial charge on any atom is -0.497 e. The number of rotatable bonds is 5. The molecule has 2 aromatic carbocycles. The maximum atomic E-state index is 12.9. The summed E-state index contributed by atoms with van der Waals surface area (Å²) in [5, 5.41) is 17.0. The number of azo groups is 1. The van der Waals surface area contributed by atoms with Crippen LogP contribution in [0.1, 0.15) is 6.92 Å². The van der Waals surface area contributed by atoms with Crippen molar-refractivity contribution in [1.82, 2.24) is 4.98 Å². The lowest BCUT2D eigenvalue weighted by Crippen LogP contribution is -2.29. The molecular formula is C20H15Cl2N5O2S. The fraction of sp³-hybridized carbons (Fsp3) is 0.150. The first kappa shape index (κ1) is 20.5. The predicted octanol–water partition coefficient (Wildman–Crippen LogP) is 6.00. The number of hydrogen-bond donors (Lipinski definition) is 0. The van der Waals surface area contributed by atoms with Crippen LogP contribution < -0.4 is 9.75 Å². The van der Waals surface area contributed by atoms with Crippen LogP contribution in [0.4, 0.5) is 10.8 Å². The summed E-state index contributed by atoms with van der Waals surface area (Å²) in [6, 6.07) is 11.6. The van der Waals surface area contributed by atoms with E-state index < -0.39 is 6.04 Å². The first-order valence-corrected chi connectivity index (χ1v) is 10.4. The molecule has 1 aliphatic heterocycles. The third-order valence-corrected chi connectivity index (χ3v) is 5.70. The SMILES string of the molecule is COc1ccc(-c2csc(N3N=C(C)[C@H](N=Nc4ccc(Cl)cc4Cl)C3=O)n2)cc1. The molecule has 0 saturated heterocycles. The van der Waals surface area contributed by atoms with Gasteiger partial charge >= 0.3 is 0 Å². The van der Waals surface area contributed by atoms with E-state index in [1.54, 1.807) is 32.2 Å². The molecule has 4 rings (SSSR count). The highest BCUT2D eigenvalue weighted by Gasteiger charge is 2.36. The molecule has 0 unspecified atom stereocenters. The van der Waals surface area contributed by atoms with Crippen molar-refractivity contribution in [2.24, 2.45) is 15.3 Å². The van der Waals surface area contributed by atoms with Crippen molar-refractivity contribution in [2.45, 2.75) is 13.0 Å². The third kappa shape index (κ3) is 4.07. The highest BCUT2D eigenvalue weighted by atomic mass is 35.5. The zero-order chi connectivity index (χ0) is 21.3. The second-order valence-corrected chi connectivity index (χ2v) is 8.03. The van der Waals surface area contributed by atoms with Gasteiger partial charge in [0.15, 0.2) is 6.04 Å². The average molecular weight is 460 g/mol. The number of carbonyl (C=O) groups is 1. The summed E-state index contributed by atoms with van der Waals surface area (Å²) >= 11 is 13.3. The van der Waals surface area contributed by atoms with E-state index in [1.165, 1.54) is 16.3 Å². The number of halogens is 2. The van der Waals surface area contributed by atoms with E-state index in [4.69, 9.17) is 27.9 Å². The van der Waals surface area contributed by atoms with E-state index in [0.717, 1.165) is 17.0 Å². The summed E-state index contributed by atoms with van der Waals surface area (Å²) in [5.74, 6) is 0.440. The van der Waals surface area contributed by atoms with E-state index >= 15 is 0 Å². The molecular weight excluding hydrogens is 445 g/mol. The van der Waals surface area contributed by atoms with E-state index in [-0.39, 0.29) is 5.91 Å². The van der Waals surface area contributed by atoms with Gasteiger partial charge in [0.25, 0.3) is 5.91 Å². The number of benzene rings is 2. The van der Waals surface area contributed by atoms with Gasteiger partial charge in [-0.2, -0.15) is 20.3 Å². The molecule has 1 atom stereocenters. The molecule has 152 valence electrons. The smallest absolute Gasteiger partial charge is 0.282 e. The molecule has 0 N–H and O–H groups in total. The zero-order valence-electron chi connectivity index (χ0n) is 15.9. The number of hydrogen-bond acceptors (Lipinski definition) is 7. The molecule has 3 aromatic rings. The first-order chi connectivity index (χ1) is 14.5. The number of hydrazone groups is 1. The summed E-state index contributed by atoms with van der Waals surface area (Å²) in [5.41, 5.74) is 2.61. The van der Waals surface area contributed by atoms with Crippen molar-refractivity contribution in [3.05, 3.63) is 57.9 Å². The molecule has 7 nitrogen and oxygen atoms in total. The summed E-state index contributed by atoms with van der Waals surface area (Å²) in [7, 11) is 1.61. The standard InChI is InChI=1S/C20H15Cl2N5O2S/c1-11-18(25-24-16-8-5-13(21)9-15(16)22)19(28)27(26-11)20-23-17(10-30-20)12-3-6-14(29-2)7-4-12/h3-10,18H,1-2H3/t18-/m0/s1. The maximum absolute atomic E-state index is 12.9. The van der Waals surface area contributed by atoms with E-state index in [1.807, 2.05) is 29.6 Å². The van der Waals surface area contributed by atoms with Gasteiger partial charge in [0.05, 0.1) is 23.5 Å². The van der Waals surface area contributed by atoms with E-state index in [2.05, 4.69) is 20.3 Å². The van der Waals surface area contributed by atoms with Gasteiger partial charge in [0.1, 0.15) is 11.4 Å². The van der Waals surface area contributed by atoms with E-state index in [0.29, 0.717) is 26.6 Å². The molecule has 10 heteroatoms. The van der Waals surface area contributed by atoms with Gasteiger partial charge in [-0.3, -0.25) is 4.79 Å². The Morgan fingerprint density at radius 2 is 1.93 bits per heavy atom. The fourth-order valence-electron chi connectivity index (χ4n) is 2.76. The quantitative estimate of drug-likeness (QED) is 0.438. The van der Waals surface area contributed by atoms with Crippen molar-refractivity contribution < 1.29 is 9.53 Å². The molecule has 0 spiro atoms. The summed E-state index contributed by atoms with van der Waals surface area (Å²) < 4.78 is 5.17. The van der Waals surface area contributed by atoms with Crippen molar-refractivity contribution in [3.63, 3.8) is 0 Å². The predicted molar refractivity (Wildman–Crippen MR) is 119 cm³/mol. The molecule has 0 fully saturated rings. The van der Waals surface area contributed by atoms with Crippen molar-refractivity contribution >= 4 is 57.0 Å². The monoisotopic (exact) mass is 459 g/mol. The normalized spacial score (nSPS) is 16.4. The Balaban J connectivity index is 1.53. The highest BCUT2D eigenvalue weighted by Crippen LogP contribution is 2.32. The van der Waals surface area contributed by atoms with Crippen molar-refractivity contribution in [3.8, 4) is 17.0 Å². The Bertz CT molecular complexity index is 1160. The van der Waals surface area contributed by atoms with Gasteiger partial charge in [-0.15, -0.1) is 11.3 Å². The number of amides is 1. The number of methoxy groups -OCH3 is 1. The summed E-state index contributed by atoms with van der Waals surface area (Å²) in [4.78, 5) is 17.4. The molecule has 1 aromatic heterocycles. The zero-order valence-corrected chi connectivity index (χ0v) is 18.2. The minimum atomic E-state index is -0.829. The van der Waals surface area contributed by atoms with Gasteiger partial charge in [-0.05, 0) is 49.4 Å². The van der Waals surface area contributed by atoms with Crippen molar-refractivity contribution in [1.29, 1.82) is 0 Å². The van der Waals surface area contributed by atoms with Crippen LogP contribution in [0.25, 0.3) is 11.3 Å².